The maximum atomic E-state index is 12.2. The summed E-state index contributed by atoms with van der Waals surface area (Å²) >= 11 is 15.1. The first-order valence-corrected chi connectivity index (χ1v) is 6.39. The third-order valence-corrected chi connectivity index (χ3v) is 3.85. The molecule has 0 fully saturated rings. The molecule has 0 atom stereocenters. The highest BCUT2D eigenvalue weighted by Crippen LogP contribution is 2.27. The summed E-state index contributed by atoms with van der Waals surface area (Å²) in [6.45, 7) is 0. The molecule has 0 saturated carbocycles. The minimum Gasteiger partial charge on any atom is -0.289 e. The van der Waals surface area contributed by atoms with Crippen molar-refractivity contribution < 1.29 is 4.79 Å². The first-order valence-electron chi connectivity index (χ1n) is 4.84. The second-order valence-electron chi connectivity index (χ2n) is 3.44. The predicted molar refractivity (Wildman–Crippen MR) is 74.0 cm³/mol. The molecule has 0 radical (unpaired) electrons. The van der Waals surface area contributed by atoms with E-state index in [-0.39, 0.29) is 5.78 Å². The normalized spacial score (nSPS) is 10.3. The van der Waals surface area contributed by atoms with Gasteiger partial charge in [0.2, 0.25) is 0 Å². The molecule has 86 valence electrons. The number of carbonyl (C=O) groups is 1. The Morgan fingerprint density at radius 2 is 1.65 bits per heavy atom. The van der Waals surface area contributed by atoms with Crippen LogP contribution in [0, 0.1) is 0 Å². The zero-order valence-electron chi connectivity index (χ0n) is 8.58. The number of carbonyl (C=O) groups excluding carboxylic acids is 1. The first-order chi connectivity index (χ1) is 8.09. The maximum absolute atomic E-state index is 12.2. The average Bonchev–Trinajstić information content (AvgIpc) is 2.33. The van der Waals surface area contributed by atoms with Crippen molar-refractivity contribution in [3.8, 4) is 0 Å². The molecular weight excluding hydrogens is 323 g/mol. The number of halogens is 3. The highest BCUT2D eigenvalue weighted by atomic mass is 79.9. The van der Waals surface area contributed by atoms with E-state index < -0.39 is 0 Å². The van der Waals surface area contributed by atoms with Crippen LogP contribution in [0.4, 0.5) is 0 Å². The highest BCUT2D eigenvalue weighted by Gasteiger charge is 2.14. The lowest BCUT2D eigenvalue weighted by atomic mass is 10.0. The Hall–Kier alpha value is -0.830. The van der Waals surface area contributed by atoms with E-state index in [4.69, 9.17) is 23.2 Å². The van der Waals surface area contributed by atoms with E-state index in [1.807, 2.05) is 0 Å². The zero-order chi connectivity index (χ0) is 12.4. The van der Waals surface area contributed by atoms with Gasteiger partial charge < -0.3 is 0 Å². The van der Waals surface area contributed by atoms with Gasteiger partial charge in [-0.2, -0.15) is 0 Å². The Morgan fingerprint density at radius 3 is 2.29 bits per heavy atom. The molecule has 2 rings (SSSR count). The molecule has 17 heavy (non-hydrogen) atoms. The summed E-state index contributed by atoms with van der Waals surface area (Å²) in [6.07, 6.45) is 0. The van der Waals surface area contributed by atoms with E-state index >= 15 is 0 Å². The molecule has 0 saturated heterocycles. The van der Waals surface area contributed by atoms with E-state index in [1.54, 1.807) is 42.5 Å². The topological polar surface area (TPSA) is 17.1 Å². The Bertz CT molecular complexity index is 564. The van der Waals surface area contributed by atoms with Crippen molar-refractivity contribution in [1.29, 1.82) is 0 Å². The van der Waals surface area contributed by atoms with Gasteiger partial charge in [-0.1, -0.05) is 29.3 Å². The Morgan fingerprint density at radius 1 is 1.00 bits per heavy atom. The van der Waals surface area contributed by atoms with E-state index in [0.29, 0.717) is 25.6 Å². The van der Waals surface area contributed by atoms with Gasteiger partial charge in [0.25, 0.3) is 0 Å². The van der Waals surface area contributed by atoms with Crippen molar-refractivity contribution in [2.24, 2.45) is 0 Å². The molecule has 0 spiro atoms. The largest absolute Gasteiger partial charge is 0.289 e. The summed E-state index contributed by atoms with van der Waals surface area (Å²) in [5, 5.41) is 1.02. The fraction of sp³-hybridized carbons (Fsp3) is 0. The number of ketones is 1. The molecule has 0 unspecified atom stereocenters. The van der Waals surface area contributed by atoms with Crippen molar-refractivity contribution in [1.82, 2.24) is 0 Å². The van der Waals surface area contributed by atoms with Crippen LogP contribution in [-0.2, 0) is 0 Å². The second kappa shape index (κ2) is 5.21. The van der Waals surface area contributed by atoms with Crippen LogP contribution in [0.15, 0.2) is 46.9 Å². The molecule has 0 bridgehead atoms. The monoisotopic (exact) mass is 328 g/mol. The number of hydrogen-bond acceptors (Lipinski definition) is 1. The smallest absolute Gasteiger partial charge is 0.194 e. The summed E-state index contributed by atoms with van der Waals surface area (Å²) in [6, 6.07) is 12.0. The number of benzene rings is 2. The zero-order valence-corrected chi connectivity index (χ0v) is 11.7. The summed E-state index contributed by atoms with van der Waals surface area (Å²) in [7, 11) is 0. The van der Waals surface area contributed by atoms with Gasteiger partial charge in [-0.25, -0.2) is 0 Å². The Labute approximate surface area is 117 Å². The molecule has 2 aromatic carbocycles. The minimum atomic E-state index is -0.118. The molecule has 2 aromatic rings. The summed E-state index contributed by atoms with van der Waals surface area (Å²) in [4.78, 5) is 12.2. The van der Waals surface area contributed by atoms with Crippen LogP contribution in [-0.4, -0.2) is 5.78 Å². The van der Waals surface area contributed by atoms with Gasteiger partial charge in [0, 0.05) is 20.6 Å². The molecule has 4 heteroatoms. The lowest BCUT2D eigenvalue weighted by Gasteiger charge is -2.05. The lowest BCUT2D eigenvalue weighted by molar-refractivity contribution is 0.103. The van der Waals surface area contributed by atoms with Gasteiger partial charge in [0.15, 0.2) is 5.78 Å². The van der Waals surface area contributed by atoms with Crippen LogP contribution in [0.1, 0.15) is 15.9 Å². The lowest BCUT2D eigenvalue weighted by Crippen LogP contribution is -2.02. The number of hydrogen-bond donors (Lipinski definition) is 0. The van der Waals surface area contributed by atoms with E-state index in [9.17, 15) is 4.79 Å². The van der Waals surface area contributed by atoms with Crippen LogP contribution in [0.2, 0.25) is 10.0 Å². The average molecular weight is 330 g/mol. The van der Waals surface area contributed by atoms with Gasteiger partial charge >= 0.3 is 0 Å². The van der Waals surface area contributed by atoms with E-state index in [0.717, 1.165) is 0 Å². The van der Waals surface area contributed by atoms with E-state index in [2.05, 4.69) is 15.9 Å². The minimum absolute atomic E-state index is 0.118. The highest BCUT2D eigenvalue weighted by molar-refractivity contribution is 9.10. The molecule has 0 aliphatic heterocycles. The van der Waals surface area contributed by atoms with Gasteiger partial charge in [-0.15, -0.1) is 0 Å². The second-order valence-corrected chi connectivity index (χ2v) is 5.11. The number of rotatable bonds is 2. The quantitative estimate of drug-likeness (QED) is 0.709. The third kappa shape index (κ3) is 2.71. The van der Waals surface area contributed by atoms with Gasteiger partial charge in [-0.05, 0) is 52.3 Å². The fourth-order valence-electron chi connectivity index (χ4n) is 1.44. The standard InChI is InChI=1S/C13H7BrCl2O/c14-11-3-1-2-10(12(11)16)13(17)8-4-6-9(15)7-5-8/h1-7H. The summed E-state index contributed by atoms with van der Waals surface area (Å²) < 4.78 is 0.707. The first kappa shape index (κ1) is 12.6. The van der Waals surface area contributed by atoms with Crippen molar-refractivity contribution >= 4 is 44.9 Å². The maximum Gasteiger partial charge on any atom is 0.194 e. The molecule has 1 nitrogen and oxygen atoms in total. The molecule has 0 amide bonds. The van der Waals surface area contributed by atoms with Crippen LogP contribution in [0.3, 0.4) is 0 Å². The van der Waals surface area contributed by atoms with E-state index in [1.165, 1.54) is 0 Å². The van der Waals surface area contributed by atoms with Crippen LogP contribution < -0.4 is 0 Å². The molecule has 0 heterocycles. The van der Waals surface area contributed by atoms with Crippen molar-refractivity contribution in [2.75, 3.05) is 0 Å². The van der Waals surface area contributed by atoms with Gasteiger partial charge in [-0.3, -0.25) is 4.79 Å². The molecule has 0 aliphatic carbocycles. The van der Waals surface area contributed by atoms with Crippen LogP contribution >= 0.6 is 39.1 Å². The predicted octanol–water partition coefficient (Wildman–Crippen LogP) is 4.99. The Balaban J connectivity index is 2.44. The summed E-state index contributed by atoms with van der Waals surface area (Å²) in [5.41, 5.74) is 1.04. The molecular formula is C13H7BrCl2O. The molecule has 0 aliphatic rings. The van der Waals surface area contributed by atoms with Crippen LogP contribution in [0.25, 0.3) is 0 Å². The Kier molecular flexibility index (Phi) is 3.87. The fourth-order valence-corrected chi connectivity index (χ4v) is 2.14. The van der Waals surface area contributed by atoms with Crippen molar-refractivity contribution in [3.63, 3.8) is 0 Å². The SMILES string of the molecule is O=C(c1ccc(Cl)cc1)c1cccc(Br)c1Cl. The molecule has 0 aromatic heterocycles. The van der Waals surface area contributed by atoms with Gasteiger partial charge in [0.05, 0.1) is 5.02 Å². The molecule has 0 N–H and O–H groups in total. The van der Waals surface area contributed by atoms with Crippen molar-refractivity contribution in [2.45, 2.75) is 0 Å². The van der Waals surface area contributed by atoms with Gasteiger partial charge in [0.1, 0.15) is 0 Å². The summed E-state index contributed by atoms with van der Waals surface area (Å²) in [5.74, 6) is -0.118. The van der Waals surface area contributed by atoms with Crippen molar-refractivity contribution in [3.05, 3.63) is 68.1 Å². The van der Waals surface area contributed by atoms with Crippen LogP contribution in [0.5, 0.6) is 0 Å². The third-order valence-electron chi connectivity index (χ3n) is 2.30.